The Morgan fingerprint density at radius 2 is 1.54 bits per heavy atom. The maximum absolute atomic E-state index is 12.9. The van der Waals surface area contributed by atoms with Crippen LogP contribution in [0.3, 0.4) is 0 Å². The molecule has 4 amide bonds. The lowest BCUT2D eigenvalue weighted by Gasteiger charge is -2.13. The zero-order chi connectivity index (χ0) is 29.5. The van der Waals surface area contributed by atoms with E-state index in [4.69, 9.17) is 25.8 Å². The average Bonchev–Trinajstić information content (AvgIpc) is 3.20. The first kappa shape index (κ1) is 29.5. The van der Waals surface area contributed by atoms with E-state index in [2.05, 4.69) is 10.6 Å². The summed E-state index contributed by atoms with van der Waals surface area (Å²) in [4.78, 5) is 51.2. The van der Waals surface area contributed by atoms with Crippen molar-refractivity contribution in [1.82, 2.24) is 4.90 Å². The highest BCUT2D eigenvalue weighted by Crippen LogP contribution is 2.35. The number of ether oxygens (including phenoxy) is 3. The van der Waals surface area contributed by atoms with Gasteiger partial charge in [0.05, 0.1) is 24.1 Å². The van der Waals surface area contributed by atoms with Crippen molar-refractivity contribution >= 4 is 63.8 Å². The van der Waals surface area contributed by atoms with Crippen molar-refractivity contribution in [3.63, 3.8) is 0 Å². The average molecular weight is 596 g/mol. The molecule has 1 heterocycles. The van der Waals surface area contributed by atoms with Gasteiger partial charge in [0.15, 0.2) is 18.1 Å². The van der Waals surface area contributed by atoms with Crippen LogP contribution in [0.25, 0.3) is 6.08 Å². The van der Waals surface area contributed by atoms with Gasteiger partial charge in [0.25, 0.3) is 17.1 Å². The van der Waals surface area contributed by atoms with Gasteiger partial charge in [-0.3, -0.25) is 24.1 Å². The molecular weight excluding hydrogens is 570 g/mol. The first-order valence-electron chi connectivity index (χ1n) is 12.2. The second-order valence-electron chi connectivity index (χ2n) is 8.78. The molecule has 41 heavy (non-hydrogen) atoms. The summed E-state index contributed by atoms with van der Waals surface area (Å²) in [5, 5.41) is 5.09. The number of hydrogen-bond acceptors (Lipinski definition) is 8. The second kappa shape index (κ2) is 13.2. The number of methoxy groups -OCH3 is 2. The zero-order valence-corrected chi connectivity index (χ0v) is 23.9. The minimum Gasteiger partial charge on any atom is -0.495 e. The van der Waals surface area contributed by atoms with E-state index in [0.717, 1.165) is 22.2 Å². The zero-order valence-electron chi connectivity index (χ0n) is 22.4. The van der Waals surface area contributed by atoms with Crippen LogP contribution in [0.4, 0.5) is 16.2 Å². The molecule has 0 aliphatic carbocycles. The Balaban J connectivity index is 1.37. The minimum atomic E-state index is -0.602. The van der Waals surface area contributed by atoms with Gasteiger partial charge in [-0.1, -0.05) is 35.4 Å². The number of amides is 4. The summed E-state index contributed by atoms with van der Waals surface area (Å²) in [5.41, 5.74) is 2.68. The lowest BCUT2D eigenvalue weighted by atomic mass is 10.2. The number of nitrogens with one attached hydrogen (secondary N) is 2. The number of nitrogens with zero attached hydrogens (tertiary/aromatic N) is 1. The molecule has 0 atom stereocenters. The quantitative estimate of drug-likeness (QED) is 0.300. The van der Waals surface area contributed by atoms with Crippen molar-refractivity contribution in [1.29, 1.82) is 0 Å². The number of carbonyl (C=O) groups is 4. The van der Waals surface area contributed by atoms with Crippen molar-refractivity contribution in [2.45, 2.75) is 6.92 Å². The summed E-state index contributed by atoms with van der Waals surface area (Å²) in [6.45, 7) is 1.25. The number of hydrogen-bond donors (Lipinski definition) is 2. The molecule has 4 rings (SSSR count). The minimum absolute atomic E-state index is 0.142. The lowest BCUT2D eigenvalue weighted by molar-refractivity contribution is -0.127. The Hall–Kier alpha value is -4.48. The largest absolute Gasteiger partial charge is 0.495 e. The topological polar surface area (TPSA) is 123 Å². The van der Waals surface area contributed by atoms with E-state index < -0.39 is 23.6 Å². The SMILES string of the molecule is COc1ccc(NC(=O)CN2C(=O)S/C(=C/c3ccc(OCC(=O)Nc4ccc(C)cc4)c(OC)c3)C2=O)cc1Cl. The third kappa shape index (κ3) is 7.59. The number of anilines is 2. The van der Waals surface area contributed by atoms with E-state index in [0.29, 0.717) is 39.2 Å². The van der Waals surface area contributed by atoms with Gasteiger partial charge in [-0.2, -0.15) is 0 Å². The van der Waals surface area contributed by atoms with Crippen molar-refractivity contribution in [3.05, 3.63) is 81.7 Å². The predicted octanol–water partition coefficient (Wildman–Crippen LogP) is 5.36. The third-order valence-electron chi connectivity index (χ3n) is 5.79. The first-order chi connectivity index (χ1) is 19.7. The standard InChI is InChI=1S/C29H26ClN3O7S/c1-17-4-7-19(8-5-17)31-27(35)16-40-23-10-6-18(12-24(23)39-3)13-25-28(36)33(29(37)41-25)15-26(34)32-20-9-11-22(38-2)21(30)14-20/h4-14H,15-16H2,1-3H3,(H,31,35)(H,32,34)/b25-13+. The van der Waals surface area contributed by atoms with Crippen LogP contribution >= 0.6 is 23.4 Å². The molecular formula is C29H26ClN3O7S. The van der Waals surface area contributed by atoms with Crippen LogP contribution in [0.5, 0.6) is 17.2 Å². The van der Waals surface area contributed by atoms with Crippen LogP contribution in [0.2, 0.25) is 5.02 Å². The molecule has 3 aromatic rings. The molecule has 1 fully saturated rings. The second-order valence-corrected chi connectivity index (χ2v) is 10.2. The van der Waals surface area contributed by atoms with E-state index in [1.807, 2.05) is 19.1 Å². The van der Waals surface area contributed by atoms with Crippen LogP contribution < -0.4 is 24.8 Å². The Morgan fingerprint density at radius 1 is 0.878 bits per heavy atom. The smallest absolute Gasteiger partial charge is 0.294 e. The Labute approximate surface area is 245 Å². The van der Waals surface area contributed by atoms with Gasteiger partial charge in [-0.05, 0) is 72.8 Å². The van der Waals surface area contributed by atoms with Gasteiger partial charge in [0, 0.05) is 11.4 Å². The number of carbonyl (C=O) groups excluding carboxylic acids is 4. The molecule has 10 nitrogen and oxygen atoms in total. The van der Waals surface area contributed by atoms with E-state index in [9.17, 15) is 19.2 Å². The molecule has 3 aromatic carbocycles. The molecule has 12 heteroatoms. The van der Waals surface area contributed by atoms with Crippen LogP contribution in [0.15, 0.2) is 65.6 Å². The number of aryl methyl sites for hydroxylation is 1. The fourth-order valence-electron chi connectivity index (χ4n) is 3.75. The highest BCUT2D eigenvalue weighted by molar-refractivity contribution is 8.18. The molecule has 0 aromatic heterocycles. The van der Waals surface area contributed by atoms with Crippen LogP contribution in [0.1, 0.15) is 11.1 Å². The Bertz CT molecular complexity index is 1530. The maximum Gasteiger partial charge on any atom is 0.294 e. The van der Waals surface area contributed by atoms with Crippen LogP contribution in [-0.4, -0.2) is 55.2 Å². The summed E-state index contributed by atoms with van der Waals surface area (Å²) in [5.74, 6) is -0.404. The van der Waals surface area contributed by atoms with Crippen LogP contribution in [-0.2, 0) is 14.4 Å². The molecule has 2 N–H and O–H groups in total. The van der Waals surface area contributed by atoms with Crippen molar-refractivity contribution < 1.29 is 33.4 Å². The highest BCUT2D eigenvalue weighted by Gasteiger charge is 2.36. The maximum atomic E-state index is 12.9. The summed E-state index contributed by atoms with van der Waals surface area (Å²) in [6.07, 6.45) is 1.52. The van der Waals surface area contributed by atoms with Crippen LogP contribution in [0, 0.1) is 6.92 Å². The van der Waals surface area contributed by atoms with E-state index in [-0.39, 0.29) is 17.4 Å². The van der Waals surface area contributed by atoms with E-state index in [1.54, 1.807) is 42.5 Å². The Kier molecular flexibility index (Phi) is 9.53. The van der Waals surface area contributed by atoms with E-state index >= 15 is 0 Å². The number of imide groups is 1. The fraction of sp³-hybridized carbons (Fsp3) is 0.172. The van der Waals surface area contributed by atoms with Gasteiger partial charge in [0.1, 0.15) is 12.3 Å². The van der Waals surface area contributed by atoms with Crippen molar-refractivity contribution in [2.75, 3.05) is 38.0 Å². The van der Waals surface area contributed by atoms with Gasteiger partial charge in [-0.25, -0.2) is 0 Å². The monoisotopic (exact) mass is 595 g/mol. The molecule has 1 aliphatic heterocycles. The molecule has 0 bridgehead atoms. The van der Waals surface area contributed by atoms with Crippen molar-refractivity contribution in [2.24, 2.45) is 0 Å². The molecule has 1 saturated heterocycles. The van der Waals surface area contributed by atoms with Gasteiger partial charge in [-0.15, -0.1) is 0 Å². The summed E-state index contributed by atoms with van der Waals surface area (Å²) in [6, 6.07) is 16.9. The normalized spacial score (nSPS) is 13.8. The number of halogens is 1. The summed E-state index contributed by atoms with van der Waals surface area (Å²) < 4.78 is 16.1. The third-order valence-corrected chi connectivity index (χ3v) is 6.99. The number of benzene rings is 3. The molecule has 0 unspecified atom stereocenters. The van der Waals surface area contributed by atoms with Gasteiger partial charge >= 0.3 is 0 Å². The van der Waals surface area contributed by atoms with Gasteiger partial charge in [0.2, 0.25) is 5.91 Å². The first-order valence-corrected chi connectivity index (χ1v) is 13.4. The van der Waals surface area contributed by atoms with E-state index in [1.165, 1.54) is 26.4 Å². The fourth-order valence-corrected chi connectivity index (χ4v) is 4.84. The lowest BCUT2D eigenvalue weighted by Crippen LogP contribution is -2.36. The van der Waals surface area contributed by atoms with Gasteiger partial charge < -0.3 is 24.8 Å². The predicted molar refractivity (Wildman–Crippen MR) is 158 cm³/mol. The van der Waals surface area contributed by atoms with Crippen molar-refractivity contribution in [3.8, 4) is 17.2 Å². The Morgan fingerprint density at radius 3 is 2.22 bits per heavy atom. The molecule has 0 saturated carbocycles. The highest BCUT2D eigenvalue weighted by atomic mass is 35.5. The number of thioether (sulfide) groups is 1. The molecule has 212 valence electrons. The number of rotatable bonds is 10. The summed E-state index contributed by atoms with van der Waals surface area (Å²) in [7, 11) is 2.92. The molecule has 0 spiro atoms. The summed E-state index contributed by atoms with van der Waals surface area (Å²) >= 11 is 6.80. The molecule has 0 radical (unpaired) electrons. The molecule has 1 aliphatic rings.